The quantitative estimate of drug-likeness (QED) is 0.0704. The van der Waals surface area contributed by atoms with Crippen LogP contribution in [0, 0.1) is 33.5 Å². The molecular formula is C93H176N14O7. The molecular weight excluding hydrogens is 1430 g/mol. The van der Waals surface area contributed by atoms with Gasteiger partial charge in [-0.25, -0.2) is 10.0 Å². The Balaban J connectivity index is 0.000000667. The number of rotatable bonds is 0. The molecule has 10 N–H and O–H groups in total. The topological polar surface area (TPSA) is 286 Å². The summed E-state index contributed by atoms with van der Waals surface area (Å²) in [6.45, 7) is 115. The van der Waals surface area contributed by atoms with Gasteiger partial charge in [-0.15, -0.1) is 0 Å². The molecule has 5 aromatic rings. The van der Waals surface area contributed by atoms with Crippen molar-refractivity contribution in [3.05, 3.63) is 108 Å². The molecule has 0 saturated carbocycles. The second kappa shape index (κ2) is 34.3. The van der Waals surface area contributed by atoms with Gasteiger partial charge in [0.1, 0.15) is 0 Å². The Morgan fingerprint density at radius 1 is 0.211 bits per heavy atom. The fraction of sp³-hybridized carbons (Fsp3) is 0.817. The Morgan fingerprint density at radius 3 is 0.526 bits per heavy atom. The molecule has 4 atom stereocenters. The van der Waals surface area contributed by atoms with Crippen LogP contribution in [0.15, 0.2) is 24.0 Å². The predicted molar refractivity (Wildman–Crippen MR) is 483 cm³/mol. The lowest BCUT2D eigenvalue weighted by Crippen LogP contribution is -2.56. The molecule has 0 spiro atoms. The number of carbonyl (C=O) groups excluding carboxylic acids is 2. The van der Waals surface area contributed by atoms with Crippen LogP contribution in [0.1, 0.15) is 430 Å². The lowest BCUT2D eigenvalue weighted by atomic mass is 9.68. The van der Waals surface area contributed by atoms with Gasteiger partial charge in [0, 0.05) is 107 Å². The first-order chi connectivity index (χ1) is 49.5. The summed E-state index contributed by atoms with van der Waals surface area (Å²) in [5.41, 5.74) is 14.8. The number of hydrazine groups is 2. The van der Waals surface area contributed by atoms with E-state index in [1.54, 1.807) is 0 Å². The predicted octanol–water partition coefficient (Wildman–Crippen LogP) is 20.4. The molecule has 21 heteroatoms. The molecule has 0 aliphatic carbocycles. The maximum absolute atomic E-state index is 12.4. The minimum atomic E-state index is -0.146. The average Bonchev–Trinajstić information content (AvgIpc) is 1.61. The zero-order chi connectivity index (χ0) is 91.5. The van der Waals surface area contributed by atoms with Crippen molar-refractivity contribution in [1.29, 1.82) is 0 Å². The summed E-state index contributed by atoms with van der Waals surface area (Å²) in [5, 5.41) is 27.3. The van der Waals surface area contributed by atoms with Crippen molar-refractivity contribution in [3.63, 3.8) is 0 Å². The van der Waals surface area contributed by atoms with E-state index in [9.17, 15) is 33.6 Å². The van der Waals surface area contributed by atoms with Crippen molar-refractivity contribution in [3.8, 4) is 0 Å². The first-order valence-corrected chi connectivity index (χ1v) is 41.8. The molecule has 7 heterocycles. The van der Waals surface area contributed by atoms with Gasteiger partial charge in [0.25, 0.3) is 27.8 Å². The number of nitrogens with zero attached hydrogens (tertiary/aromatic N) is 4. The van der Waals surface area contributed by atoms with Crippen LogP contribution in [0.5, 0.6) is 0 Å². The largest absolute Gasteiger partial charge is 0.301 e. The fourth-order valence-corrected chi connectivity index (χ4v) is 15.4. The third kappa shape index (κ3) is 27.8. The molecule has 2 amide bonds. The first-order valence-electron chi connectivity index (χ1n) is 41.8. The molecule has 114 heavy (non-hydrogen) atoms. The molecule has 2 saturated heterocycles. The van der Waals surface area contributed by atoms with E-state index in [2.05, 4.69) is 436 Å². The number of hydrogen-bond donors (Lipinski definition) is 10. The number of nitrogens with one attached hydrogen (secondary N) is 10. The molecule has 0 radical (unpaired) electrons. The second-order valence-electron chi connectivity index (χ2n) is 51.2. The fourth-order valence-electron chi connectivity index (χ4n) is 15.4. The third-order valence-corrected chi connectivity index (χ3v) is 20.2. The summed E-state index contributed by atoms with van der Waals surface area (Å²) in [6, 6.07) is 0.426. The maximum atomic E-state index is 12.4. The SMILES string of the molecule is CC(C)(C)C1C(=O)NN(C(C)(C)C)C1C(C)(C)C.CC(C)(C)C1C(=O)NN(C(C)(C)C)C1C(C)(C)C.CC(C)(C)c1[nH][nH]c(=O)c1C(C)(C)C.CC(C)(C)c1[nH][nH]c(=O)c1C(C)(C)C.CC(C)(C)c1[nH][nH]c(=O)c1C(C)(C)C.CC(C)(C)c1c(C(C)(C)C)n(C(C)(C)C)[nH]c1=O.CC(C)(C)c1c(C(C)(C)C)n(C(C)(C)C)[nH]c1=O. The highest BCUT2D eigenvalue weighted by Crippen LogP contribution is 2.47. The smallest absolute Gasteiger partial charge is 0.268 e. The molecule has 0 aromatic carbocycles. The van der Waals surface area contributed by atoms with Crippen LogP contribution in [0.4, 0.5) is 0 Å². The van der Waals surface area contributed by atoms with Gasteiger partial charge >= 0.3 is 0 Å². The number of amides is 2. The van der Waals surface area contributed by atoms with Gasteiger partial charge in [-0.05, 0) is 132 Å². The minimum Gasteiger partial charge on any atom is -0.301 e. The molecule has 21 nitrogen and oxygen atoms in total. The second-order valence-corrected chi connectivity index (χ2v) is 51.2. The Bertz CT molecular complexity index is 3940. The van der Waals surface area contributed by atoms with E-state index in [0.717, 1.165) is 56.3 Å². The molecule has 7 rings (SSSR count). The normalized spacial score (nSPS) is 18.0. The van der Waals surface area contributed by atoms with Crippen LogP contribution >= 0.6 is 0 Å². The summed E-state index contributed by atoms with van der Waals surface area (Å²) in [6.07, 6.45) is 0. The van der Waals surface area contributed by atoms with Crippen LogP contribution in [0.3, 0.4) is 0 Å². The third-order valence-electron chi connectivity index (χ3n) is 20.2. The number of carbonyl (C=O) groups is 2. The van der Waals surface area contributed by atoms with Gasteiger partial charge in [-0.1, -0.05) is 291 Å². The van der Waals surface area contributed by atoms with Gasteiger partial charge < -0.3 is 15.3 Å². The highest BCUT2D eigenvalue weighted by atomic mass is 16.2. The lowest BCUT2D eigenvalue weighted by molar-refractivity contribution is -0.127. The van der Waals surface area contributed by atoms with Crippen LogP contribution in [0.2, 0.25) is 0 Å². The van der Waals surface area contributed by atoms with Crippen molar-refractivity contribution in [2.75, 3.05) is 0 Å². The molecule has 4 unspecified atom stereocenters. The van der Waals surface area contributed by atoms with Crippen LogP contribution < -0.4 is 38.6 Å². The van der Waals surface area contributed by atoms with E-state index >= 15 is 0 Å². The summed E-state index contributed by atoms with van der Waals surface area (Å²) >= 11 is 0. The van der Waals surface area contributed by atoms with Crippen LogP contribution in [-0.4, -0.2) is 95.1 Å². The summed E-state index contributed by atoms with van der Waals surface area (Å²) in [7, 11) is 0. The van der Waals surface area contributed by atoms with E-state index < -0.39 is 0 Å². The van der Waals surface area contributed by atoms with Crippen molar-refractivity contribution in [2.45, 2.75) is 462 Å². The maximum Gasteiger partial charge on any atom is 0.268 e. The van der Waals surface area contributed by atoms with Gasteiger partial charge in [0.15, 0.2) is 0 Å². The molecule has 0 bridgehead atoms. The van der Waals surface area contributed by atoms with Gasteiger partial charge in [-0.3, -0.25) is 79.3 Å². The molecule has 2 aliphatic rings. The van der Waals surface area contributed by atoms with E-state index in [-0.39, 0.29) is 161 Å². The Morgan fingerprint density at radius 2 is 0.404 bits per heavy atom. The molecule has 660 valence electrons. The van der Waals surface area contributed by atoms with E-state index in [4.69, 9.17) is 0 Å². The molecule has 2 aliphatic heterocycles. The van der Waals surface area contributed by atoms with E-state index in [1.165, 1.54) is 0 Å². The zero-order valence-corrected chi connectivity index (χ0v) is 83.5. The van der Waals surface area contributed by atoms with Crippen molar-refractivity contribution < 1.29 is 9.59 Å². The average molecular weight is 1600 g/mol. The summed E-state index contributed by atoms with van der Waals surface area (Å²) in [4.78, 5) is 84.4. The lowest BCUT2D eigenvalue weighted by Gasteiger charge is -2.45. The standard InChI is InChI=1S/2C15H30N2O.2C15H28N2O.3C11H20N2O/c4*1-13(2,3)10-11(14(4,5)6)17(15(7,8)9)16-12(10)18;3*1-10(2,3)7-8(11(4,5)6)12-13-9(7)14/h2*10-11H,1-9H3,(H,16,18);2*1-9H3,(H,16,18);3*1-6H3,(H2,12,13,14). The summed E-state index contributed by atoms with van der Waals surface area (Å²) < 4.78 is 4.08. The number of aromatic amines is 8. The number of hydrogen-bond acceptors (Lipinski definition) is 9. The van der Waals surface area contributed by atoms with E-state index in [0.29, 0.717) is 0 Å². The summed E-state index contributed by atoms with van der Waals surface area (Å²) in [5.74, 6) is 0.378. The van der Waals surface area contributed by atoms with Gasteiger partial charge in [0.2, 0.25) is 11.8 Å². The van der Waals surface area contributed by atoms with E-state index in [1.807, 2.05) is 9.36 Å². The minimum absolute atomic E-state index is 0.00225. The number of H-pyrrole nitrogens is 8. The monoisotopic (exact) mass is 1600 g/mol. The van der Waals surface area contributed by atoms with Crippen molar-refractivity contribution in [2.24, 2.45) is 33.5 Å². The van der Waals surface area contributed by atoms with Crippen molar-refractivity contribution >= 4 is 11.8 Å². The van der Waals surface area contributed by atoms with Crippen LogP contribution in [-0.2, 0) is 74.8 Å². The Labute approximate surface area is 692 Å². The van der Waals surface area contributed by atoms with Gasteiger partial charge in [0.05, 0.1) is 22.9 Å². The highest BCUT2D eigenvalue weighted by Gasteiger charge is 2.56. The molecule has 5 aromatic heterocycles. The van der Waals surface area contributed by atoms with Crippen LogP contribution in [0.25, 0.3) is 0 Å². The van der Waals surface area contributed by atoms with Crippen molar-refractivity contribution in [1.82, 2.24) is 71.0 Å². The zero-order valence-electron chi connectivity index (χ0n) is 83.5. The highest BCUT2D eigenvalue weighted by molar-refractivity contribution is 5.82. The van der Waals surface area contributed by atoms with Gasteiger partial charge in [-0.2, -0.15) is 0 Å². The first kappa shape index (κ1) is 106. The Hall–Kier alpha value is -6.09. The molecule has 2 fully saturated rings. The Kier molecular flexibility index (Phi) is 31.9. The number of aromatic nitrogens is 10.